The molecule has 3 nitrogen and oxygen atoms in total. The molecule has 6 aromatic carbocycles. The molecule has 0 fully saturated rings. The third kappa shape index (κ3) is 8.25. The highest BCUT2D eigenvalue weighted by Crippen LogP contribution is 2.27. The number of hydrogen-bond acceptors (Lipinski definition) is 3. The first-order chi connectivity index (χ1) is 29.1. The van der Waals surface area contributed by atoms with Crippen LogP contribution in [0.2, 0.25) is 0 Å². The molecule has 0 saturated heterocycles. The minimum absolute atomic E-state index is 0.103. The van der Waals surface area contributed by atoms with Gasteiger partial charge in [0.1, 0.15) is 0 Å². The molecule has 6 aromatic rings. The van der Waals surface area contributed by atoms with Crippen LogP contribution in [0.1, 0.15) is 117 Å². The van der Waals surface area contributed by atoms with E-state index < -0.39 is 0 Å². The third-order valence-corrected chi connectivity index (χ3v) is 13.0. The van der Waals surface area contributed by atoms with Crippen molar-refractivity contribution in [2.24, 2.45) is 0 Å². The molecule has 0 N–H and O–H groups in total. The van der Waals surface area contributed by atoms with Crippen LogP contribution in [0.25, 0.3) is 0 Å². The molecule has 294 valence electrons. The Labute approximate surface area is 363 Å². The minimum atomic E-state index is -0.103. The molecule has 0 aromatic heterocycles. The highest BCUT2D eigenvalue weighted by atomic mass is 14.3. The van der Waals surface area contributed by atoms with E-state index in [9.17, 15) is 15.8 Å². The summed E-state index contributed by atoms with van der Waals surface area (Å²) in [6, 6.07) is 28.9. The third-order valence-electron chi connectivity index (χ3n) is 13.0. The van der Waals surface area contributed by atoms with Crippen LogP contribution in [-0.4, -0.2) is 6.71 Å². The average Bonchev–Trinajstić information content (AvgIpc) is 3.27. The van der Waals surface area contributed by atoms with Crippen LogP contribution >= 0.6 is 0 Å². The Morgan fingerprint density at radius 2 is 0.443 bits per heavy atom. The minimum Gasteiger partial charge on any atom is -0.192 e. The molecule has 0 saturated carbocycles. The molecular formula is C57H48BN3. The van der Waals surface area contributed by atoms with Gasteiger partial charge in [0, 0.05) is 33.4 Å². The van der Waals surface area contributed by atoms with Crippen molar-refractivity contribution in [3.05, 3.63) is 190 Å². The van der Waals surface area contributed by atoms with Crippen molar-refractivity contribution in [1.29, 1.82) is 15.8 Å². The first kappa shape index (κ1) is 43.1. The Hall–Kier alpha value is -7.47. The highest BCUT2D eigenvalue weighted by Gasteiger charge is 2.35. The summed E-state index contributed by atoms with van der Waals surface area (Å²) in [4.78, 5) is 0. The Kier molecular flexibility index (Phi) is 12.6. The van der Waals surface area contributed by atoms with E-state index in [1.807, 2.05) is 72.8 Å². The van der Waals surface area contributed by atoms with Crippen LogP contribution < -0.4 is 16.4 Å². The lowest BCUT2D eigenvalue weighted by molar-refractivity contribution is 1.22. The smallest absolute Gasteiger partial charge is 0.192 e. The number of benzene rings is 6. The van der Waals surface area contributed by atoms with E-state index in [4.69, 9.17) is 0 Å². The summed E-state index contributed by atoms with van der Waals surface area (Å²) < 4.78 is 0. The summed E-state index contributed by atoms with van der Waals surface area (Å²) in [5.41, 5.74) is 25.7. The molecule has 0 aliphatic heterocycles. The predicted molar refractivity (Wildman–Crippen MR) is 252 cm³/mol. The van der Waals surface area contributed by atoms with Gasteiger partial charge in [0.15, 0.2) is 0 Å². The van der Waals surface area contributed by atoms with Gasteiger partial charge in [0.25, 0.3) is 0 Å². The van der Waals surface area contributed by atoms with Crippen LogP contribution in [-0.2, 0) is 0 Å². The van der Waals surface area contributed by atoms with Gasteiger partial charge in [-0.3, -0.25) is 0 Å². The van der Waals surface area contributed by atoms with E-state index >= 15 is 0 Å². The summed E-state index contributed by atoms with van der Waals surface area (Å²) >= 11 is 0. The van der Waals surface area contributed by atoms with Gasteiger partial charge in [-0.15, -0.1) is 0 Å². The second-order valence-corrected chi connectivity index (χ2v) is 16.1. The zero-order chi connectivity index (χ0) is 44.3. The molecule has 0 unspecified atom stereocenters. The maximum absolute atomic E-state index is 9.31. The first-order valence-corrected chi connectivity index (χ1v) is 20.5. The number of rotatable bonds is 3. The molecule has 0 radical (unpaired) electrons. The van der Waals surface area contributed by atoms with Crippen molar-refractivity contribution in [3.8, 4) is 53.7 Å². The van der Waals surface area contributed by atoms with Crippen LogP contribution in [0, 0.1) is 153 Å². The van der Waals surface area contributed by atoms with Gasteiger partial charge in [0.05, 0.1) is 34.9 Å². The Bertz CT molecular complexity index is 2680. The molecule has 4 heteroatoms. The largest absolute Gasteiger partial charge is 0.243 e. The molecule has 0 amide bonds. The van der Waals surface area contributed by atoms with Gasteiger partial charge >= 0.3 is 0 Å². The molecule has 0 spiro atoms. The lowest BCUT2D eigenvalue weighted by Gasteiger charge is -2.31. The maximum Gasteiger partial charge on any atom is 0.243 e. The van der Waals surface area contributed by atoms with Crippen LogP contribution in [0.5, 0.6) is 0 Å². The molecule has 0 heterocycles. The molecule has 0 atom stereocenters. The van der Waals surface area contributed by atoms with E-state index in [0.29, 0.717) is 16.7 Å². The maximum atomic E-state index is 9.31. The van der Waals surface area contributed by atoms with Crippen molar-refractivity contribution >= 4 is 23.1 Å². The lowest BCUT2D eigenvalue weighted by Crippen LogP contribution is -2.58. The number of nitrogens with zero attached hydrogens (tertiary/aromatic N) is 3. The molecule has 0 aliphatic carbocycles. The van der Waals surface area contributed by atoms with Gasteiger partial charge in [-0.2, -0.15) is 15.8 Å². The fraction of sp³-hybridized carbons (Fsp3) is 0.211. The fourth-order valence-electron chi connectivity index (χ4n) is 8.61. The van der Waals surface area contributed by atoms with Gasteiger partial charge in [-0.05, 0) is 189 Å². The van der Waals surface area contributed by atoms with Crippen molar-refractivity contribution in [2.75, 3.05) is 0 Å². The number of hydrogen-bond donors (Lipinski definition) is 0. The highest BCUT2D eigenvalue weighted by molar-refractivity contribution is 6.97. The van der Waals surface area contributed by atoms with Crippen LogP contribution in [0.3, 0.4) is 0 Å². The van der Waals surface area contributed by atoms with E-state index in [2.05, 4.69) is 137 Å². The average molecular weight is 786 g/mol. The van der Waals surface area contributed by atoms with E-state index in [1.54, 1.807) is 0 Å². The van der Waals surface area contributed by atoms with Crippen molar-refractivity contribution in [3.63, 3.8) is 0 Å². The quantitative estimate of drug-likeness (QED) is 0.133. The number of nitriles is 3. The topological polar surface area (TPSA) is 71.4 Å². The molecule has 0 aliphatic rings. The summed E-state index contributed by atoms with van der Waals surface area (Å²) in [6.07, 6.45) is 0. The first-order valence-electron chi connectivity index (χ1n) is 20.5. The standard InChI is InChI=1S/C57H48BN3/c1-34-40(7)55(41(8)35(2)52(34)28-25-46-13-19-49(31-59)20-14-46)58(56-42(9)36(3)53(37(4)43(56)10)29-26-47-15-21-50(32-60)22-16-47)57-44(11)38(5)54(39(6)45(57)12)30-27-48-17-23-51(33-61)24-18-48/h13-24H,1-12H3. The second kappa shape index (κ2) is 17.8. The van der Waals surface area contributed by atoms with Crippen LogP contribution in [0.4, 0.5) is 0 Å². The normalized spacial score (nSPS) is 10.2. The summed E-state index contributed by atoms with van der Waals surface area (Å²) in [5.74, 6) is 20.7. The summed E-state index contributed by atoms with van der Waals surface area (Å²) in [6.45, 7) is 26.6. The van der Waals surface area contributed by atoms with Crippen molar-refractivity contribution in [2.45, 2.75) is 83.1 Å². The van der Waals surface area contributed by atoms with Crippen molar-refractivity contribution < 1.29 is 0 Å². The molecular weight excluding hydrogens is 737 g/mol. The van der Waals surface area contributed by atoms with Gasteiger partial charge in [-0.1, -0.05) is 85.3 Å². The van der Waals surface area contributed by atoms with Crippen LogP contribution in [0.15, 0.2) is 72.8 Å². The SMILES string of the molecule is Cc1c(C)c(B(c2c(C)c(C)c(C#Cc3ccc(C#N)cc3)c(C)c2C)c2c(C)c(C)c(C#Cc3ccc(C#N)cc3)c(C)c2C)c(C)c(C)c1C#Cc1ccc(C#N)cc1. The van der Waals surface area contributed by atoms with E-state index in [-0.39, 0.29) is 6.71 Å². The van der Waals surface area contributed by atoms with Crippen molar-refractivity contribution in [1.82, 2.24) is 0 Å². The summed E-state index contributed by atoms with van der Waals surface area (Å²) in [7, 11) is 0. The van der Waals surface area contributed by atoms with E-state index in [1.165, 1.54) is 49.8 Å². The molecule has 6 rings (SSSR count). The fourth-order valence-corrected chi connectivity index (χ4v) is 8.61. The molecule has 0 bridgehead atoms. The summed E-state index contributed by atoms with van der Waals surface area (Å²) in [5, 5.41) is 27.9. The zero-order valence-corrected chi connectivity index (χ0v) is 37.3. The zero-order valence-electron chi connectivity index (χ0n) is 37.3. The second-order valence-electron chi connectivity index (χ2n) is 16.1. The Balaban J connectivity index is 1.63. The Morgan fingerprint density at radius 3 is 0.623 bits per heavy atom. The lowest BCUT2D eigenvalue weighted by atomic mass is 9.32. The van der Waals surface area contributed by atoms with E-state index in [0.717, 1.165) is 66.8 Å². The van der Waals surface area contributed by atoms with Gasteiger partial charge < -0.3 is 0 Å². The predicted octanol–water partition coefficient (Wildman–Crippen LogP) is 9.72. The van der Waals surface area contributed by atoms with Gasteiger partial charge in [0.2, 0.25) is 6.71 Å². The van der Waals surface area contributed by atoms with Gasteiger partial charge in [-0.25, -0.2) is 0 Å². The monoisotopic (exact) mass is 785 g/mol. The Morgan fingerprint density at radius 1 is 0.262 bits per heavy atom. The molecule has 61 heavy (non-hydrogen) atoms.